The van der Waals surface area contributed by atoms with Crippen LogP contribution in [0.3, 0.4) is 0 Å². The number of nitrogens with zero attached hydrogens (tertiary/aromatic N) is 1. The van der Waals surface area contributed by atoms with Gasteiger partial charge in [0.25, 0.3) is 0 Å². The molecule has 7 heteroatoms. The van der Waals surface area contributed by atoms with Gasteiger partial charge in [0.2, 0.25) is 0 Å². The quantitative estimate of drug-likeness (QED) is 0.454. The van der Waals surface area contributed by atoms with Crippen molar-refractivity contribution in [2.45, 2.75) is 26.3 Å². The number of hydrogen-bond acceptors (Lipinski definition) is 7. The Hall–Kier alpha value is -1.63. The van der Waals surface area contributed by atoms with E-state index in [9.17, 15) is 14.4 Å². The molecule has 19 heavy (non-hydrogen) atoms. The van der Waals surface area contributed by atoms with E-state index in [2.05, 4.69) is 9.47 Å². The van der Waals surface area contributed by atoms with Crippen molar-refractivity contribution < 1.29 is 28.6 Å². The summed E-state index contributed by atoms with van der Waals surface area (Å²) in [5.41, 5.74) is 0. The van der Waals surface area contributed by atoms with Crippen LogP contribution in [0.15, 0.2) is 0 Å². The van der Waals surface area contributed by atoms with Crippen molar-refractivity contribution in [1.29, 1.82) is 0 Å². The van der Waals surface area contributed by atoms with Crippen LogP contribution >= 0.6 is 0 Å². The molecule has 0 aromatic rings. The lowest BCUT2D eigenvalue weighted by atomic mass is 10.2. The highest BCUT2D eigenvalue weighted by Gasteiger charge is 2.29. The zero-order valence-corrected chi connectivity index (χ0v) is 11.8. The normalized spacial score (nSPS) is 11.8. The molecule has 0 aliphatic rings. The van der Waals surface area contributed by atoms with Crippen molar-refractivity contribution in [1.82, 2.24) is 4.90 Å². The first kappa shape index (κ1) is 17.4. The molecule has 0 aliphatic carbocycles. The fourth-order valence-corrected chi connectivity index (χ4v) is 1.55. The number of rotatable bonds is 8. The second-order valence-electron chi connectivity index (χ2n) is 3.73. The summed E-state index contributed by atoms with van der Waals surface area (Å²) in [6.07, 6.45) is 0.410. The summed E-state index contributed by atoms with van der Waals surface area (Å²) in [7, 11) is 2.48. The van der Waals surface area contributed by atoms with E-state index in [1.165, 1.54) is 19.1 Å². The van der Waals surface area contributed by atoms with Crippen LogP contribution in [0.2, 0.25) is 0 Å². The first-order valence-electron chi connectivity index (χ1n) is 6.04. The largest absolute Gasteiger partial charge is 0.468 e. The van der Waals surface area contributed by atoms with Gasteiger partial charge < -0.3 is 14.2 Å². The summed E-state index contributed by atoms with van der Waals surface area (Å²) in [5, 5.41) is 0. The van der Waals surface area contributed by atoms with Crippen LogP contribution in [-0.2, 0) is 28.6 Å². The number of methoxy groups -OCH3 is 2. The standard InChI is InChI=1S/C12H21NO6/c1-5-9(12(16)19-6-2)13(7-10(14)17-3)8-11(15)18-4/h9H,5-8H2,1-4H3. The summed E-state index contributed by atoms with van der Waals surface area (Å²) in [4.78, 5) is 35.8. The number of carbonyl (C=O) groups is 3. The molecule has 0 fully saturated rings. The Balaban J connectivity index is 4.89. The zero-order valence-electron chi connectivity index (χ0n) is 11.8. The molecular weight excluding hydrogens is 254 g/mol. The topological polar surface area (TPSA) is 82.1 Å². The molecule has 0 amide bonds. The van der Waals surface area contributed by atoms with Crippen LogP contribution in [0.25, 0.3) is 0 Å². The van der Waals surface area contributed by atoms with Gasteiger partial charge in [-0.05, 0) is 13.3 Å². The minimum atomic E-state index is -0.682. The van der Waals surface area contributed by atoms with E-state index in [0.717, 1.165) is 0 Å². The first-order valence-corrected chi connectivity index (χ1v) is 6.04. The van der Waals surface area contributed by atoms with Gasteiger partial charge >= 0.3 is 17.9 Å². The fraction of sp³-hybridized carbons (Fsp3) is 0.750. The summed E-state index contributed by atoms with van der Waals surface area (Å²) in [5.74, 6) is -1.55. The van der Waals surface area contributed by atoms with Crippen LogP contribution in [-0.4, -0.2) is 62.8 Å². The predicted molar refractivity (Wildman–Crippen MR) is 66.3 cm³/mol. The number of hydrogen-bond donors (Lipinski definition) is 0. The maximum Gasteiger partial charge on any atom is 0.323 e. The van der Waals surface area contributed by atoms with E-state index in [-0.39, 0.29) is 19.7 Å². The van der Waals surface area contributed by atoms with Gasteiger partial charge in [0.15, 0.2) is 0 Å². The molecule has 1 atom stereocenters. The molecule has 0 radical (unpaired) electrons. The van der Waals surface area contributed by atoms with Gasteiger partial charge in [-0.15, -0.1) is 0 Å². The third-order valence-electron chi connectivity index (χ3n) is 2.51. The second kappa shape index (κ2) is 9.32. The highest BCUT2D eigenvalue weighted by molar-refractivity contribution is 5.80. The van der Waals surface area contributed by atoms with Crippen LogP contribution in [0.4, 0.5) is 0 Å². The van der Waals surface area contributed by atoms with Gasteiger partial charge in [-0.25, -0.2) is 0 Å². The highest BCUT2D eigenvalue weighted by Crippen LogP contribution is 2.07. The van der Waals surface area contributed by atoms with Crippen molar-refractivity contribution in [2.24, 2.45) is 0 Å². The molecular formula is C12H21NO6. The van der Waals surface area contributed by atoms with Crippen LogP contribution < -0.4 is 0 Å². The fourth-order valence-electron chi connectivity index (χ4n) is 1.55. The maximum atomic E-state index is 11.8. The Labute approximate surface area is 112 Å². The minimum absolute atomic E-state index is 0.178. The lowest BCUT2D eigenvalue weighted by Crippen LogP contribution is -2.47. The highest BCUT2D eigenvalue weighted by atomic mass is 16.5. The van der Waals surface area contributed by atoms with E-state index in [1.807, 2.05) is 0 Å². The maximum absolute atomic E-state index is 11.8. The summed E-state index contributed by atoms with van der Waals surface area (Å²) >= 11 is 0. The summed E-state index contributed by atoms with van der Waals surface area (Å²) < 4.78 is 14.0. The molecule has 0 aliphatic heterocycles. The van der Waals surface area contributed by atoms with Crippen molar-refractivity contribution in [2.75, 3.05) is 33.9 Å². The van der Waals surface area contributed by atoms with Gasteiger partial charge in [0.1, 0.15) is 6.04 Å². The van der Waals surface area contributed by atoms with E-state index in [0.29, 0.717) is 6.42 Å². The molecule has 0 aromatic heterocycles. The van der Waals surface area contributed by atoms with Crippen LogP contribution in [0, 0.1) is 0 Å². The Morgan fingerprint density at radius 3 is 1.79 bits per heavy atom. The number of esters is 3. The van der Waals surface area contributed by atoms with Crippen molar-refractivity contribution in [3.63, 3.8) is 0 Å². The van der Waals surface area contributed by atoms with Crippen LogP contribution in [0.1, 0.15) is 20.3 Å². The van der Waals surface area contributed by atoms with E-state index >= 15 is 0 Å². The molecule has 110 valence electrons. The third kappa shape index (κ3) is 6.19. The third-order valence-corrected chi connectivity index (χ3v) is 2.51. The Bertz CT molecular complexity index is 299. The minimum Gasteiger partial charge on any atom is -0.468 e. The van der Waals surface area contributed by atoms with E-state index in [1.54, 1.807) is 13.8 Å². The lowest BCUT2D eigenvalue weighted by Gasteiger charge is -2.27. The zero-order chi connectivity index (χ0) is 14.8. The average Bonchev–Trinajstić information content (AvgIpc) is 2.39. The van der Waals surface area contributed by atoms with Gasteiger partial charge in [-0.2, -0.15) is 0 Å². The molecule has 0 saturated carbocycles. The van der Waals surface area contributed by atoms with Crippen molar-refractivity contribution in [3.05, 3.63) is 0 Å². The van der Waals surface area contributed by atoms with Gasteiger partial charge in [0, 0.05) is 0 Å². The van der Waals surface area contributed by atoms with Gasteiger partial charge in [-0.1, -0.05) is 6.92 Å². The smallest absolute Gasteiger partial charge is 0.323 e. The lowest BCUT2D eigenvalue weighted by molar-refractivity contribution is -0.154. The molecule has 0 bridgehead atoms. The average molecular weight is 275 g/mol. The molecule has 0 rings (SSSR count). The first-order chi connectivity index (χ1) is 8.99. The van der Waals surface area contributed by atoms with E-state index in [4.69, 9.17) is 4.74 Å². The molecule has 1 unspecified atom stereocenters. The van der Waals surface area contributed by atoms with Gasteiger partial charge in [-0.3, -0.25) is 19.3 Å². The Kier molecular flexibility index (Phi) is 8.52. The molecule has 0 N–H and O–H groups in total. The van der Waals surface area contributed by atoms with Gasteiger partial charge in [0.05, 0.1) is 33.9 Å². The Morgan fingerprint density at radius 1 is 1.00 bits per heavy atom. The SMILES string of the molecule is CCOC(=O)C(CC)N(CC(=O)OC)CC(=O)OC. The van der Waals surface area contributed by atoms with Crippen molar-refractivity contribution in [3.8, 4) is 0 Å². The summed E-state index contributed by atoms with van der Waals surface area (Å²) in [6, 6.07) is -0.682. The molecule has 0 saturated heterocycles. The number of carbonyl (C=O) groups excluding carboxylic acids is 3. The van der Waals surface area contributed by atoms with Crippen molar-refractivity contribution >= 4 is 17.9 Å². The molecule has 7 nitrogen and oxygen atoms in total. The molecule has 0 heterocycles. The van der Waals surface area contributed by atoms with Crippen LogP contribution in [0.5, 0.6) is 0 Å². The van der Waals surface area contributed by atoms with E-state index < -0.39 is 23.9 Å². The molecule has 0 spiro atoms. The number of ether oxygens (including phenoxy) is 3. The monoisotopic (exact) mass is 275 g/mol. The molecule has 0 aromatic carbocycles. The second-order valence-corrected chi connectivity index (χ2v) is 3.73. The Morgan fingerprint density at radius 2 is 1.47 bits per heavy atom. The predicted octanol–water partition coefficient (Wildman–Crippen LogP) is -0.0239. The summed E-state index contributed by atoms with van der Waals surface area (Å²) in [6.45, 7) is 3.34.